The molecule has 0 atom stereocenters. The highest BCUT2D eigenvalue weighted by molar-refractivity contribution is 5.43. The molecule has 1 aromatic heterocycles. The third-order valence-electron chi connectivity index (χ3n) is 3.11. The molecule has 0 spiro atoms. The fourth-order valence-corrected chi connectivity index (χ4v) is 2.02. The van der Waals surface area contributed by atoms with Crippen molar-refractivity contribution >= 4 is 0 Å². The van der Waals surface area contributed by atoms with Crippen molar-refractivity contribution in [1.82, 2.24) is 4.98 Å². The summed E-state index contributed by atoms with van der Waals surface area (Å²) in [6.45, 7) is 0. The van der Waals surface area contributed by atoms with E-state index in [4.69, 9.17) is 14.2 Å². The van der Waals surface area contributed by atoms with E-state index in [0.717, 1.165) is 30.0 Å². The van der Waals surface area contributed by atoms with Gasteiger partial charge in [-0.25, -0.2) is 4.98 Å². The Kier molecular flexibility index (Phi) is 4.82. The van der Waals surface area contributed by atoms with Crippen LogP contribution >= 0.6 is 0 Å². The van der Waals surface area contributed by atoms with E-state index >= 15 is 0 Å². The highest BCUT2D eigenvalue weighted by atomic mass is 16.5. The molecule has 1 aromatic carbocycles. The Morgan fingerprint density at radius 2 is 1.65 bits per heavy atom. The van der Waals surface area contributed by atoms with E-state index in [9.17, 15) is 0 Å². The van der Waals surface area contributed by atoms with Gasteiger partial charge in [-0.15, -0.1) is 0 Å². The lowest BCUT2D eigenvalue weighted by molar-refractivity contribution is 0.354. The molecule has 0 aliphatic carbocycles. The molecule has 0 unspecified atom stereocenters. The van der Waals surface area contributed by atoms with Gasteiger partial charge in [-0.3, -0.25) is 0 Å². The summed E-state index contributed by atoms with van der Waals surface area (Å²) in [5.74, 6) is 2.15. The van der Waals surface area contributed by atoms with Gasteiger partial charge in [0.25, 0.3) is 0 Å². The number of ether oxygens (including phenoxy) is 3. The van der Waals surface area contributed by atoms with Gasteiger partial charge >= 0.3 is 0 Å². The molecule has 4 nitrogen and oxygen atoms in total. The maximum absolute atomic E-state index is 5.30. The molecule has 0 saturated heterocycles. The normalized spacial score (nSPS) is 10.2. The van der Waals surface area contributed by atoms with Crippen LogP contribution in [0, 0.1) is 0 Å². The van der Waals surface area contributed by atoms with Crippen LogP contribution < -0.4 is 14.2 Å². The fourth-order valence-electron chi connectivity index (χ4n) is 2.02. The molecule has 0 aliphatic heterocycles. The second-order valence-electron chi connectivity index (χ2n) is 4.36. The summed E-state index contributed by atoms with van der Waals surface area (Å²) in [7, 11) is 4.91. The first-order valence-electron chi connectivity index (χ1n) is 6.47. The second-order valence-corrected chi connectivity index (χ2v) is 4.36. The predicted octanol–water partition coefficient (Wildman–Crippen LogP) is 2.89. The number of hydrogen-bond acceptors (Lipinski definition) is 4. The zero-order valence-electron chi connectivity index (χ0n) is 12.1. The number of rotatable bonds is 6. The lowest BCUT2D eigenvalue weighted by atomic mass is 10.1. The van der Waals surface area contributed by atoms with Gasteiger partial charge in [0.2, 0.25) is 5.88 Å². The van der Waals surface area contributed by atoms with Crippen LogP contribution in [0.1, 0.15) is 11.3 Å². The Morgan fingerprint density at radius 3 is 2.35 bits per heavy atom. The van der Waals surface area contributed by atoms with Crippen LogP contribution in [-0.4, -0.2) is 26.3 Å². The lowest BCUT2D eigenvalue weighted by Crippen LogP contribution is -1.97. The lowest BCUT2D eigenvalue weighted by Gasteiger charge is -2.09. The average Bonchev–Trinajstić information content (AvgIpc) is 2.52. The van der Waals surface area contributed by atoms with Gasteiger partial charge in [0.15, 0.2) is 11.5 Å². The molecule has 106 valence electrons. The number of hydrogen-bond donors (Lipinski definition) is 0. The number of aromatic nitrogens is 1. The average molecular weight is 273 g/mol. The molecule has 4 heteroatoms. The summed E-state index contributed by atoms with van der Waals surface area (Å²) in [4.78, 5) is 4.40. The van der Waals surface area contributed by atoms with E-state index in [0.29, 0.717) is 5.88 Å². The van der Waals surface area contributed by atoms with Crippen LogP contribution in [0.15, 0.2) is 36.4 Å². The molecule has 2 rings (SSSR count). The molecule has 1 heterocycles. The number of nitrogens with zero attached hydrogens (tertiary/aromatic N) is 1. The van der Waals surface area contributed by atoms with Crippen molar-refractivity contribution in [1.29, 1.82) is 0 Å². The van der Waals surface area contributed by atoms with Crippen molar-refractivity contribution in [2.75, 3.05) is 21.3 Å². The summed E-state index contributed by atoms with van der Waals surface area (Å²) < 4.78 is 15.7. The van der Waals surface area contributed by atoms with E-state index in [2.05, 4.69) is 4.98 Å². The van der Waals surface area contributed by atoms with Gasteiger partial charge in [-0.1, -0.05) is 12.1 Å². The minimum absolute atomic E-state index is 0.648. The van der Waals surface area contributed by atoms with Crippen LogP contribution in [0.25, 0.3) is 0 Å². The monoisotopic (exact) mass is 273 g/mol. The SMILES string of the molecule is COc1cccc(CCc2ccc(OC)c(OC)c2)n1. The quantitative estimate of drug-likeness (QED) is 0.811. The first-order valence-corrected chi connectivity index (χ1v) is 6.47. The fraction of sp³-hybridized carbons (Fsp3) is 0.312. The summed E-state index contributed by atoms with van der Waals surface area (Å²) in [6, 6.07) is 11.8. The molecule has 2 aromatic rings. The molecule has 20 heavy (non-hydrogen) atoms. The highest BCUT2D eigenvalue weighted by Crippen LogP contribution is 2.28. The molecule has 0 amide bonds. The van der Waals surface area contributed by atoms with E-state index in [1.54, 1.807) is 21.3 Å². The Hall–Kier alpha value is -2.23. The molecule has 0 radical (unpaired) electrons. The Bertz CT molecular complexity index is 569. The second kappa shape index (κ2) is 6.80. The molecule has 0 bridgehead atoms. The van der Waals surface area contributed by atoms with Crippen LogP contribution in [0.2, 0.25) is 0 Å². The predicted molar refractivity (Wildman–Crippen MR) is 77.7 cm³/mol. The first-order chi connectivity index (χ1) is 9.76. The maximum atomic E-state index is 5.30. The molecule has 0 aliphatic rings. The Morgan fingerprint density at radius 1 is 0.850 bits per heavy atom. The zero-order chi connectivity index (χ0) is 14.4. The Balaban J connectivity index is 2.06. The van der Waals surface area contributed by atoms with Crippen molar-refractivity contribution in [3.63, 3.8) is 0 Å². The van der Waals surface area contributed by atoms with Gasteiger partial charge in [0.05, 0.1) is 21.3 Å². The van der Waals surface area contributed by atoms with Gasteiger partial charge in [0, 0.05) is 11.8 Å². The number of pyridine rings is 1. The van der Waals surface area contributed by atoms with Gasteiger partial charge < -0.3 is 14.2 Å². The van der Waals surface area contributed by atoms with Gasteiger partial charge in [-0.2, -0.15) is 0 Å². The van der Waals surface area contributed by atoms with Crippen LogP contribution in [0.3, 0.4) is 0 Å². The third kappa shape index (κ3) is 3.41. The minimum Gasteiger partial charge on any atom is -0.493 e. The van der Waals surface area contributed by atoms with Crippen molar-refractivity contribution in [2.45, 2.75) is 12.8 Å². The zero-order valence-corrected chi connectivity index (χ0v) is 12.1. The van der Waals surface area contributed by atoms with Crippen molar-refractivity contribution in [2.24, 2.45) is 0 Å². The highest BCUT2D eigenvalue weighted by Gasteiger charge is 2.05. The number of methoxy groups -OCH3 is 3. The topological polar surface area (TPSA) is 40.6 Å². The Labute approximate surface area is 119 Å². The van der Waals surface area contributed by atoms with E-state index in [-0.39, 0.29) is 0 Å². The summed E-state index contributed by atoms with van der Waals surface area (Å²) in [6.07, 6.45) is 1.74. The van der Waals surface area contributed by atoms with E-state index in [1.807, 2.05) is 36.4 Å². The molecule has 0 fully saturated rings. The summed E-state index contributed by atoms with van der Waals surface area (Å²) in [5, 5.41) is 0. The van der Waals surface area contributed by atoms with E-state index in [1.165, 1.54) is 5.56 Å². The van der Waals surface area contributed by atoms with Crippen molar-refractivity contribution < 1.29 is 14.2 Å². The van der Waals surface area contributed by atoms with Crippen LogP contribution in [-0.2, 0) is 12.8 Å². The maximum Gasteiger partial charge on any atom is 0.213 e. The summed E-state index contributed by atoms with van der Waals surface area (Å²) in [5.41, 5.74) is 2.20. The minimum atomic E-state index is 0.648. The van der Waals surface area contributed by atoms with Crippen molar-refractivity contribution in [3.8, 4) is 17.4 Å². The first kappa shape index (κ1) is 14.2. The summed E-state index contributed by atoms with van der Waals surface area (Å²) >= 11 is 0. The van der Waals surface area contributed by atoms with E-state index < -0.39 is 0 Å². The van der Waals surface area contributed by atoms with Gasteiger partial charge in [-0.05, 0) is 36.6 Å². The number of aryl methyl sites for hydroxylation is 2. The van der Waals surface area contributed by atoms with Crippen LogP contribution in [0.4, 0.5) is 0 Å². The molecular formula is C16H19NO3. The standard InChI is InChI=1S/C16H19NO3/c1-18-14-10-8-12(11-15(14)19-2)7-9-13-5-4-6-16(17-13)20-3/h4-6,8,10-11H,7,9H2,1-3H3. The molecule has 0 N–H and O–H groups in total. The molecular weight excluding hydrogens is 254 g/mol. The number of benzene rings is 1. The van der Waals surface area contributed by atoms with Gasteiger partial charge in [0.1, 0.15) is 0 Å². The van der Waals surface area contributed by atoms with Crippen molar-refractivity contribution in [3.05, 3.63) is 47.7 Å². The smallest absolute Gasteiger partial charge is 0.213 e. The largest absolute Gasteiger partial charge is 0.493 e. The van der Waals surface area contributed by atoms with Crippen LogP contribution in [0.5, 0.6) is 17.4 Å². The third-order valence-corrected chi connectivity index (χ3v) is 3.11. The molecule has 0 saturated carbocycles.